The lowest BCUT2D eigenvalue weighted by atomic mass is 9.98. The zero-order valence-corrected chi connectivity index (χ0v) is 15.3. The largest absolute Gasteiger partial charge is 0.380 e. The molecule has 0 aromatic carbocycles. The van der Waals surface area contributed by atoms with Gasteiger partial charge in [-0.15, -0.1) is 0 Å². The first-order valence-corrected chi connectivity index (χ1v) is 9.96. The van der Waals surface area contributed by atoms with Gasteiger partial charge in [0.2, 0.25) is 0 Å². The SMILES string of the molecule is CCOCCN1CCN(C[C@H]2CCC3(CCCC3)O2)C[C@@H]1CC. The summed E-state index contributed by atoms with van der Waals surface area (Å²) in [5.74, 6) is 0. The number of ether oxygens (including phenoxy) is 2. The van der Waals surface area contributed by atoms with Gasteiger partial charge in [-0.3, -0.25) is 9.80 Å². The number of hydrogen-bond donors (Lipinski definition) is 0. The molecule has 0 unspecified atom stereocenters. The Labute approximate surface area is 142 Å². The van der Waals surface area contributed by atoms with E-state index in [1.54, 1.807) is 0 Å². The number of rotatable bonds is 7. The Hall–Kier alpha value is -0.160. The van der Waals surface area contributed by atoms with Crippen LogP contribution in [0, 0.1) is 0 Å². The van der Waals surface area contributed by atoms with E-state index in [0.29, 0.717) is 12.1 Å². The second-order valence-electron chi connectivity index (χ2n) is 7.72. The number of hydrogen-bond acceptors (Lipinski definition) is 4. The molecule has 134 valence electrons. The number of piperazine rings is 1. The molecular weight excluding hydrogens is 288 g/mol. The summed E-state index contributed by atoms with van der Waals surface area (Å²) in [4.78, 5) is 5.28. The molecule has 1 aliphatic carbocycles. The Bertz CT molecular complexity index is 357. The molecule has 23 heavy (non-hydrogen) atoms. The van der Waals surface area contributed by atoms with E-state index in [4.69, 9.17) is 9.47 Å². The quantitative estimate of drug-likeness (QED) is 0.672. The second kappa shape index (κ2) is 8.28. The van der Waals surface area contributed by atoms with Crippen LogP contribution in [0.4, 0.5) is 0 Å². The van der Waals surface area contributed by atoms with Crippen molar-refractivity contribution < 1.29 is 9.47 Å². The highest BCUT2D eigenvalue weighted by atomic mass is 16.5. The summed E-state index contributed by atoms with van der Waals surface area (Å²) < 4.78 is 12.1. The Morgan fingerprint density at radius 3 is 2.70 bits per heavy atom. The Morgan fingerprint density at radius 1 is 1.13 bits per heavy atom. The van der Waals surface area contributed by atoms with Gasteiger partial charge in [-0.1, -0.05) is 19.8 Å². The maximum Gasteiger partial charge on any atom is 0.0710 e. The summed E-state index contributed by atoms with van der Waals surface area (Å²) >= 11 is 0. The third-order valence-corrected chi connectivity index (χ3v) is 6.20. The highest BCUT2D eigenvalue weighted by Gasteiger charge is 2.42. The van der Waals surface area contributed by atoms with Gasteiger partial charge in [0.15, 0.2) is 0 Å². The van der Waals surface area contributed by atoms with Crippen molar-refractivity contribution in [3.63, 3.8) is 0 Å². The third-order valence-electron chi connectivity index (χ3n) is 6.20. The first-order chi connectivity index (χ1) is 11.2. The molecule has 0 N–H and O–H groups in total. The second-order valence-corrected chi connectivity index (χ2v) is 7.72. The monoisotopic (exact) mass is 324 g/mol. The smallest absolute Gasteiger partial charge is 0.0710 e. The summed E-state index contributed by atoms with van der Waals surface area (Å²) in [5.41, 5.74) is 0.286. The van der Waals surface area contributed by atoms with Gasteiger partial charge in [0, 0.05) is 45.4 Å². The van der Waals surface area contributed by atoms with E-state index in [2.05, 4.69) is 23.6 Å². The van der Waals surface area contributed by atoms with Gasteiger partial charge in [0.25, 0.3) is 0 Å². The van der Waals surface area contributed by atoms with E-state index in [1.807, 2.05) is 0 Å². The van der Waals surface area contributed by atoms with E-state index in [0.717, 1.165) is 26.3 Å². The molecule has 0 radical (unpaired) electrons. The average molecular weight is 325 g/mol. The summed E-state index contributed by atoms with van der Waals surface area (Å²) in [6.07, 6.45) is 9.69. The predicted molar refractivity (Wildman–Crippen MR) is 93.9 cm³/mol. The van der Waals surface area contributed by atoms with Crippen LogP contribution < -0.4 is 0 Å². The summed E-state index contributed by atoms with van der Waals surface area (Å²) in [6, 6.07) is 0.686. The van der Waals surface area contributed by atoms with Crippen molar-refractivity contribution in [3.8, 4) is 0 Å². The molecule has 2 atom stereocenters. The summed E-state index contributed by atoms with van der Waals surface area (Å²) in [7, 11) is 0. The lowest BCUT2D eigenvalue weighted by molar-refractivity contribution is -0.0557. The van der Waals surface area contributed by atoms with E-state index < -0.39 is 0 Å². The van der Waals surface area contributed by atoms with Crippen molar-refractivity contribution in [1.29, 1.82) is 0 Å². The van der Waals surface area contributed by atoms with Crippen LogP contribution in [-0.2, 0) is 9.47 Å². The van der Waals surface area contributed by atoms with Crippen LogP contribution in [0.3, 0.4) is 0 Å². The molecule has 4 heteroatoms. The Kier molecular flexibility index (Phi) is 6.36. The third kappa shape index (κ3) is 4.47. The van der Waals surface area contributed by atoms with Crippen molar-refractivity contribution in [3.05, 3.63) is 0 Å². The van der Waals surface area contributed by atoms with Crippen LogP contribution in [0.1, 0.15) is 58.8 Å². The Morgan fingerprint density at radius 2 is 1.96 bits per heavy atom. The molecule has 4 nitrogen and oxygen atoms in total. The maximum atomic E-state index is 6.51. The standard InChI is InChI=1S/C19H36N2O2/c1-3-17-15-20(11-12-21(17)13-14-22-4-2)16-18-7-10-19(23-18)8-5-6-9-19/h17-18H,3-16H2,1-2H3/t17-,18+/m0/s1. The van der Waals surface area contributed by atoms with Crippen LogP contribution in [0.2, 0.25) is 0 Å². The molecule has 0 bridgehead atoms. The average Bonchev–Trinajstić information content (AvgIpc) is 3.19. The molecule has 1 saturated carbocycles. The molecule has 2 aliphatic heterocycles. The highest BCUT2D eigenvalue weighted by Crippen LogP contribution is 2.43. The van der Waals surface area contributed by atoms with Gasteiger partial charge in [-0.25, -0.2) is 0 Å². The first-order valence-electron chi connectivity index (χ1n) is 9.96. The minimum atomic E-state index is 0.286. The summed E-state index contributed by atoms with van der Waals surface area (Å²) in [6.45, 7) is 11.9. The van der Waals surface area contributed by atoms with Crippen molar-refractivity contribution >= 4 is 0 Å². The number of nitrogens with zero attached hydrogens (tertiary/aromatic N) is 2. The van der Waals surface area contributed by atoms with E-state index >= 15 is 0 Å². The van der Waals surface area contributed by atoms with Crippen molar-refractivity contribution in [2.45, 2.75) is 76.5 Å². The van der Waals surface area contributed by atoms with Crippen molar-refractivity contribution in [2.24, 2.45) is 0 Å². The van der Waals surface area contributed by atoms with Crippen LogP contribution in [-0.4, -0.2) is 73.5 Å². The van der Waals surface area contributed by atoms with Crippen molar-refractivity contribution in [2.75, 3.05) is 45.9 Å². The van der Waals surface area contributed by atoms with Gasteiger partial charge in [0.1, 0.15) is 0 Å². The lowest BCUT2D eigenvalue weighted by Crippen LogP contribution is -2.55. The van der Waals surface area contributed by atoms with Gasteiger partial charge in [-0.05, 0) is 39.0 Å². The fourth-order valence-corrected chi connectivity index (χ4v) is 4.83. The molecule has 1 spiro atoms. The highest BCUT2D eigenvalue weighted by molar-refractivity contribution is 4.94. The molecule has 3 rings (SSSR count). The zero-order valence-electron chi connectivity index (χ0n) is 15.3. The van der Waals surface area contributed by atoms with Crippen LogP contribution in [0.5, 0.6) is 0 Å². The summed E-state index contributed by atoms with van der Waals surface area (Å²) in [5, 5.41) is 0. The van der Waals surface area contributed by atoms with Gasteiger partial charge in [-0.2, -0.15) is 0 Å². The van der Waals surface area contributed by atoms with E-state index in [-0.39, 0.29) is 5.60 Å². The fraction of sp³-hybridized carbons (Fsp3) is 1.00. The predicted octanol–water partition coefficient (Wildman–Crippen LogP) is 2.91. The fourth-order valence-electron chi connectivity index (χ4n) is 4.83. The molecule has 0 amide bonds. The molecule has 0 aromatic rings. The molecular formula is C19H36N2O2. The molecule has 3 aliphatic rings. The first kappa shape index (κ1) is 17.7. The Balaban J connectivity index is 1.43. The molecule has 3 fully saturated rings. The van der Waals surface area contributed by atoms with Gasteiger partial charge in [0.05, 0.1) is 18.3 Å². The minimum Gasteiger partial charge on any atom is -0.380 e. The van der Waals surface area contributed by atoms with Crippen LogP contribution in [0.25, 0.3) is 0 Å². The molecule has 0 aromatic heterocycles. The molecule has 2 saturated heterocycles. The minimum absolute atomic E-state index is 0.286. The van der Waals surface area contributed by atoms with E-state index in [1.165, 1.54) is 64.6 Å². The van der Waals surface area contributed by atoms with Crippen molar-refractivity contribution in [1.82, 2.24) is 9.80 Å². The van der Waals surface area contributed by atoms with E-state index in [9.17, 15) is 0 Å². The maximum absolute atomic E-state index is 6.51. The topological polar surface area (TPSA) is 24.9 Å². The zero-order chi connectivity index (χ0) is 16.1. The van der Waals surface area contributed by atoms with Gasteiger partial charge < -0.3 is 9.47 Å². The van der Waals surface area contributed by atoms with Crippen LogP contribution >= 0.6 is 0 Å². The lowest BCUT2D eigenvalue weighted by Gasteiger charge is -2.42. The van der Waals surface area contributed by atoms with Crippen LogP contribution in [0.15, 0.2) is 0 Å². The normalized spacial score (nSPS) is 32.1. The van der Waals surface area contributed by atoms with Gasteiger partial charge >= 0.3 is 0 Å². The molecule has 2 heterocycles.